The molecule has 3 rings (SSSR count). The zero-order valence-corrected chi connectivity index (χ0v) is 17.5. The van der Waals surface area contributed by atoms with E-state index in [9.17, 15) is 14.9 Å². The number of piperazine rings is 1. The van der Waals surface area contributed by atoms with Gasteiger partial charge in [-0.15, -0.1) is 0 Å². The quantitative estimate of drug-likeness (QED) is 0.477. The summed E-state index contributed by atoms with van der Waals surface area (Å²) in [6.07, 6.45) is 4.68. The molecule has 0 aliphatic carbocycles. The maximum atomic E-state index is 13.0. The number of methoxy groups -OCH3 is 2. The molecule has 10 nitrogen and oxygen atoms in total. The monoisotopic (exact) mass is 417 g/mol. The molecule has 10 heteroatoms. The van der Waals surface area contributed by atoms with Crippen LogP contribution >= 0.6 is 0 Å². The second-order valence-corrected chi connectivity index (χ2v) is 7.01. The number of nitrogens with zero attached hydrogens (tertiary/aromatic N) is 5. The molecule has 0 N–H and O–H groups in total. The van der Waals surface area contributed by atoms with Gasteiger partial charge in [0.25, 0.3) is 11.6 Å². The Morgan fingerprint density at radius 1 is 1.13 bits per heavy atom. The molecule has 0 unspecified atom stereocenters. The minimum absolute atomic E-state index is 0.0112. The van der Waals surface area contributed by atoms with Crippen molar-refractivity contribution >= 4 is 11.6 Å². The molecule has 1 amide bonds. The molecule has 1 aromatic heterocycles. The number of carbonyl (C=O) groups is 1. The molecule has 162 valence electrons. The third-order valence-corrected chi connectivity index (χ3v) is 5.36. The van der Waals surface area contributed by atoms with Gasteiger partial charge in [0, 0.05) is 64.1 Å². The Morgan fingerprint density at radius 2 is 1.80 bits per heavy atom. The molecular weight excluding hydrogens is 390 g/mol. The molecule has 0 atom stereocenters. The number of carbonyl (C=O) groups excluding carboxylic acids is 1. The van der Waals surface area contributed by atoms with E-state index in [1.54, 1.807) is 4.90 Å². The van der Waals surface area contributed by atoms with Crippen LogP contribution in [0.15, 0.2) is 24.5 Å². The Kier molecular flexibility index (Phi) is 6.88. The van der Waals surface area contributed by atoms with Crippen LogP contribution in [0.4, 0.5) is 5.69 Å². The summed E-state index contributed by atoms with van der Waals surface area (Å²) in [5.41, 5.74) is -0.274. The first-order valence-electron chi connectivity index (χ1n) is 9.90. The predicted molar refractivity (Wildman–Crippen MR) is 110 cm³/mol. The number of nitro groups is 1. The van der Waals surface area contributed by atoms with Gasteiger partial charge in [-0.3, -0.25) is 19.8 Å². The number of nitro benzene ring substituents is 1. The normalized spacial score (nSPS) is 14.6. The van der Waals surface area contributed by atoms with Crippen molar-refractivity contribution in [3.05, 3.63) is 46.0 Å². The average Bonchev–Trinajstić information content (AvgIpc) is 3.24. The van der Waals surface area contributed by atoms with E-state index in [1.165, 1.54) is 26.4 Å². The van der Waals surface area contributed by atoms with Crippen molar-refractivity contribution in [3.63, 3.8) is 0 Å². The first-order chi connectivity index (χ1) is 14.5. The number of aromatic nitrogens is 2. The fourth-order valence-corrected chi connectivity index (χ4v) is 3.64. The van der Waals surface area contributed by atoms with Gasteiger partial charge in [0.2, 0.25) is 0 Å². The highest BCUT2D eigenvalue weighted by Crippen LogP contribution is 2.35. The van der Waals surface area contributed by atoms with Crippen molar-refractivity contribution in [1.82, 2.24) is 19.4 Å². The Morgan fingerprint density at radius 3 is 2.40 bits per heavy atom. The van der Waals surface area contributed by atoms with Crippen LogP contribution in [-0.4, -0.2) is 77.1 Å². The van der Waals surface area contributed by atoms with Crippen molar-refractivity contribution in [2.75, 3.05) is 46.9 Å². The molecule has 0 bridgehead atoms. The third kappa shape index (κ3) is 4.54. The van der Waals surface area contributed by atoms with Gasteiger partial charge in [-0.2, -0.15) is 0 Å². The second-order valence-electron chi connectivity index (χ2n) is 7.01. The molecule has 0 radical (unpaired) electrons. The number of amides is 1. The van der Waals surface area contributed by atoms with Gasteiger partial charge in [0.1, 0.15) is 11.4 Å². The molecule has 1 fully saturated rings. The molecule has 1 saturated heterocycles. The lowest BCUT2D eigenvalue weighted by molar-refractivity contribution is -0.385. The lowest BCUT2D eigenvalue weighted by atomic mass is 10.1. The highest BCUT2D eigenvalue weighted by Gasteiger charge is 2.29. The van der Waals surface area contributed by atoms with Crippen molar-refractivity contribution in [2.45, 2.75) is 19.9 Å². The first-order valence-corrected chi connectivity index (χ1v) is 9.90. The topological polar surface area (TPSA) is 103 Å². The first kappa shape index (κ1) is 21.6. The Labute approximate surface area is 175 Å². The minimum atomic E-state index is -0.568. The smallest absolute Gasteiger partial charge is 0.286 e. The van der Waals surface area contributed by atoms with Gasteiger partial charge in [-0.1, -0.05) is 6.92 Å². The standard InChI is InChI=1S/C20H27N5O5/c1-4-19-21-5-6-23(19)10-7-22-8-11-24(12-9-22)20(26)15-13-17(29-2)18(30-3)14-16(15)25(27)28/h5-6,13-14H,4,7-12H2,1-3H3. The van der Waals surface area contributed by atoms with Crippen molar-refractivity contribution in [2.24, 2.45) is 0 Å². The second kappa shape index (κ2) is 9.57. The van der Waals surface area contributed by atoms with Crippen LogP contribution in [0.1, 0.15) is 23.1 Å². The number of imidazole rings is 1. The van der Waals surface area contributed by atoms with Crippen LogP contribution < -0.4 is 9.47 Å². The Bertz CT molecular complexity index is 905. The van der Waals surface area contributed by atoms with Crippen molar-refractivity contribution < 1.29 is 19.2 Å². The van der Waals surface area contributed by atoms with Gasteiger partial charge in [0.05, 0.1) is 25.2 Å². The van der Waals surface area contributed by atoms with Crippen LogP contribution in [0, 0.1) is 10.1 Å². The Hall–Kier alpha value is -3.14. The van der Waals surface area contributed by atoms with Gasteiger partial charge in [0.15, 0.2) is 11.5 Å². The van der Waals surface area contributed by atoms with E-state index < -0.39 is 4.92 Å². The third-order valence-electron chi connectivity index (χ3n) is 5.36. The van der Waals surface area contributed by atoms with Crippen LogP contribution in [0.3, 0.4) is 0 Å². The highest BCUT2D eigenvalue weighted by molar-refractivity contribution is 5.99. The summed E-state index contributed by atoms with van der Waals surface area (Å²) in [5, 5.41) is 11.5. The maximum Gasteiger partial charge on any atom is 0.286 e. The molecule has 1 aliphatic heterocycles. The molecular formula is C20H27N5O5. The number of aryl methyl sites for hydroxylation is 1. The molecule has 2 aromatic rings. The molecule has 1 aromatic carbocycles. The fraction of sp³-hybridized carbons (Fsp3) is 0.500. The van der Waals surface area contributed by atoms with Gasteiger partial charge >= 0.3 is 0 Å². The van der Waals surface area contributed by atoms with E-state index in [0.29, 0.717) is 26.2 Å². The largest absolute Gasteiger partial charge is 0.493 e. The summed E-state index contributed by atoms with van der Waals surface area (Å²) in [6.45, 7) is 6.23. The zero-order chi connectivity index (χ0) is 21.7. The van der Waals surface area contributed by atoms with Gasteiger partial charge < -0.3 is 18.9 Å². The molecule has 1 aliphatic rings. The van der Waals surface area contributed by atoms with E-state index in [2.05, 4.69) is 21.4 Å². The Balaban J connectivity index is 1.65. The van der Waals surface area contributed by atoms with Crippen LogP contribution in [0.25, 0.3) is 0 Å². The summed E-state index contributed by atoms with van der Waals surface area (Å²) < 4.78 is 12.5. The molecule has 30 heavy (non-hydrogen) atoms. The lowest BCUT2D eigenvalue weighted by Crippen LogP contribution is -2.49. The number of ether oxygens (including phenoxy) is 2. The van der Waals surface area contributed by atoms with Crippen LogP contribution in [0.2, 0.25) is 0 Å². The number of rotatable bonds is 8. The lowest BCUT2D eigenvalue weighted by Gasteiger charge is -2.34. The summed E-state index contributed by atoms with van der Waals surface area (Å²) >= 11 is 0. The highest BCUT2D eigenvalue weighted by atomic mass is 16.6. The summed E-state index contributed by atoms with van der Waals surface area (Å²) in [6, 6.07) is 2.62. The zero-order valence-electron chi connectivity index (χ0n) is 17.5. The van der Waals surface area contributed by atoms with Crippen molar-refractivity contribution in [3.8, 4) is 11.5 Å². The fourth-order valence-electron chi connectivity index (χ4n) is 3.64. The van der Waals surface area contributed by atoms with E-state index in [4.69, 9.17) is 9.47 Å². The van der Waals surface area contributed by atoms with Gasteiger partial charge in [-0.25, -0.2) is 4.98 Å². The van der Waals surface area contributed by atoms with Crippen molar-refractivity contribution in [1.29, 1.82) is 0 Å². The van der Waals surface area contributed by atoms with Crippen LogP contribution in [0.5, 0.6) is 11.5 Å². The summed E-state index contributed by atoms with van der Waals surface area (Å²) in [4.78, 5) is 32.2. The van der Waals surface area contributed by atoms with E-state index in [1.807, 2.05) is 12.4 Å². The van der Waals surface area contributed by atoms with Gasteiger partial charge in [-0.05, 0) is 0 Å². The van der Waals surface area contributed by atoms with E-state index in [0.717, 1.165) is 25.3 Å². The average molecular weight is 417 g/mol. The maximum absolute atomic E-state index is 13.0. The predicted octanol–water partition coefficient (Wildman–Crippen LogP) is 1.83. The summed E-state index contributed by atoms with van der Waals surface area (Å²) in [7, 11) is 2.83. The summed E-state index contributed by atoms with van der Waals surface area (Å²) in [5.74, 6) is 1.20. The molecule has 0 saturated carbocycles. The SMILES string of the molecule is CCc1nccn1CCN1CCN(C(=O)c2cc(OC)c(OC)cc2[N+](=O)[O-])CC1. The number of hydrogen-bond donors (Lipinski definition) is 0. The van der Waals surface area contributed by atoms with E-state index >= 15 is 0 Å². The molecule has 2 heterocycles. The van der Waals surface area contributed by atoms with E-state index in [-0.39, 0.29) is 28.7 Å². The molecule has 0 spiro atoms. The van der Waals surface area contributed by atoms with Crippen LogP contribution in [-0.2, 0) is 13.0 Å². The number of hydrogen-bond acceptors (Lipinski definition) is 7. The number of benzene rings is 1. The minimum Gasteiger partial charge on any atom is -0.493 e.